The van der Waals surface area contributed by atoms with Crippen molar-refractivity contribution in [2.45, 2.75) is 26.2 Å². The third-order valence-electron chi connectivity index (χ3n) is 2.23. The lowest BCUT2D eigenvalue weighted by Crippen LogP contribution is -2.15. The van der Waals surface area contributed by atoms with Crippen molar-refractivity contribution in [2.75, 3.05) is 5.73 Å². The van der Waals surface area contributed by atoms with E-state index in [1.54, 1.807) is 10.6 Å². The van der Waals surface area contributed by atoms with E-state index in [1.165, 1.54) is 0 Å². The number of hydrogen-bond acceptors (Lipinski definition) is 3. The minimum Gasteiger partial charge on any atom is -0.385 e. The molecule has 5 heteroatoms. The molecule has 0 aromatic carbocycles. The van der Waals surface area contributed by atoms with E-state index in [-0.39, 0.29) is 5.41 Å². The van der Waals surface area contributed by atoms with E-state index in [0.29, 0.717) is 16.7 Å². The van der Waals surface area contributed by atoms with Crippen LogP contribution in [0.3, 0.4) is 0 Å². The van der Waals surface area contributed by atoms with E-state index >= 15 is 0 Å². The number of fused-ring (bicyclic) bond motifs is 1. The Morgan fingerprint density at radius 2 is 2.07 bits per heavy atom. The fraction of sp³-hybridized carbons (Fsp3) is 0.400. The standard InChI is InChI=1S/C10H13ClN4/c1-10(2,3)6-4-8(12)15-7(11)5-13-9(15)14-6/h4-5H,12H2,1-3H3. The van der Waals surface area contributed by atoms with Gasteiger partial charge in [0.2, 0.25) is 5.78 Å². The Kier molecular flexibility index (Phi) is 2.12. The zero-order valence-electron chi connectivity index (χ0n) is 8.95. The number of imidazole rings is 1. The predicted molar refractivity (Wildman–Crippen MR) is 61.1 cm³/mol. The van der Waals surface area contributed by atoms with Crippen molar-refractivity contribution in [3.8, 4) is 0 Å². The number of aromatic nitrogens is 3. The van der Waals surface area contributed by atoms with E-state index in [9.17, 15) is 0 Å². The largest absolute Gasteiger partial charge is 0.385 e. The molecule has 0 aliphatic rings. The van der Waals surface area contributed by atoms with Crippen LogP contribution in [0.2, 0.25) is 5.15 Å². The minimum absolute atomic E-state index is 0.0473. The van der Waals surface area contributed by atoms with Gasteiger partial charge in [-0.2, -0.15) is 0 Å². The van der Waals surface area contributed by atoms with Crippen molar-refractivity contribution in [3.63, 3.8) is 0 Å². The van der Waals surface area contributed by atoms with Crippen molar-refractivity contribution in [1.82, 2.24) is 14.4 Å². The third kappa shape index (κ3) is 1.65. The topological polar surface area (TPSA) is 56.2 Å². The number of nitrogens with two attached hydrogens (primary N) is 1. The molecule has 0 aliphatic carbocycles. The first-order valence-corrected chi connectivity index (χ1v) is 5.07. The fourth-order valence-electron chi connectivity index (χ4n) is 1.37. The molecule has 15 heavy (non-hydrogen) atoms. The molecule has 0 atom stereocenters. The van der Waals surface area contributed by atoms with Crippen LogP contribution in [0.25, 0.3) is 5.78 Å². The molecule has 0 saturated heterocycles. The zero-order valence-corrected chi connectivity index (χ0v) is 9.71. The van der Waals surface area contributed by atoms with Gasteiger partial charge in [0.15, 0.2) is 0 Å². The highest BCUT2D eigenvalue weighted by Crippen LogP contribution is 2.24. The Bertz CT molecular complexity index is 510. The second kappa shape index (κ2) is 3.10. The molecule has 0 amide bonds. The average Bonchev–Trinajstić information content (AvgIpc) is 2.46. The van der Waals surface area contributed by atoms with Gasteiger partial charge in [-0.15, -0.1) is 0 Å². The van der Waals surface area contributed by atoms with Gasteiger partial charge in [0.25, 0.3) is 0 Å². The number of hydrogen-bond donors (Lipinski definition) is 1. The van der Waals surface area contributed by atoms with Crippen molar-refractivity contribution in [2.24, 2.45) is 0 Å². The van der Waals surface area contributed by atoms with Crippen molar-refractivity contribution >= 4 is 23.2 Å². The summed E-state index contributed by atoms with van der Waals surface area (Å²) in [6, 6.07) is 1.83. The molecule has 0 aliphatic heterocycles. The first-order valence-electron chi connectivity index (χ1n) is 4.69. The van der Waals surface area contributed by atoms with Crippen LogP contribution in [0.1, 0.15) is 26.5 Å². The van der Waals surface area contributed by atoms with Crippen LogP contribution in [0.5, 0.6) is 0 Å². The highest BCUT2D eigenvalue weighted by atomic mass is 35.5. The van der Waals surface area contributed by atoms with Gasteiger partial charge in [-0.25, -0.2) is 9.97 Å². The SMILES string of the molecule is CC(C)(C)c1cc(N)n2c(Cl)cnc2n1. The molecule has 0 saturated carbocycles. The Morgan fingerprint density at radius 3 is 2.67 bits per heavy atom. The number of anilines is 1. The van der Waals surface area contributed by atoms with Gasteiger partial charge in [0, 0.05) is 11.5 Å². The molecule has 0 unspecified atom stereocenters. The molecule has 80 valence electrons. The van der Waals surface area contributed by atoms with Crippen LogP contribution in [-0.2, 0) is 5.41 Å². The average molecular weight is 225 g/mol. The summed E-state index contributed by atoms with van der Waals surface area (Å²) in [6.07, 6.45) is 1.55. The van der Waals surface area contributed by atoms with Gasteiger partial charge < -0.3 is 5.73 Å². The van der Waals surface area contributed by atoms with Gasteiger partial charge >= 0.3 is 0 Å². The summed E-state index contributed by atoms with van der Waals surface area (Å²) in [5, 5.41) is 0.482. The third-order valence-corrected chi connectivity index (χ3v) is 2.50. The Hall–Kier alpha value is -1.29. The molecule has 0 bridgehead atoms. The van der Waals surface area contributed by atoms with E-state index < -0.39 is 0 Å². The Labute approximate surface area is 93.1 Å². The molecule has 2 rings (SSSR count). The Balaban J connectivity index is 2.74. The molecule has 2 N–H and O–H groups in total. The number of halogens is 1. The Morgan fingerprint density at radius 1 is 1.40 bits per heavy atom. The fourth-order valence-corrected chi connectivity index (χ4v) is 1.59. The molecule has 0 spiro atoms. The first-order chi connectivity index (χ1) is 6.89. The van der Waals surface area contributed by atoms with Gasteiger partial charge in [-0.1, -0.05) is 32.4 Å². The van der Waals surface area contributed by atoms with Gasteiger partial charge in [-0.3, -0.25) is 4.40 Å². The quantitative estimate of drug-likeness (QED) is 0.747. The summed E-state index contributed by atoms with van der Waals surface area (Å²) in [4.78, 5) is 8.51. The maximum absolute atomic E-state index is 5.92. The summed E-state index contributed by atoms with van der Waals surface area (Å²) in [5.74, 6) is 1.11. The van der Waals surface area contributed by atoms with Crippen LogP contribution in [0.15, 0.2) is 12.3 Å². The molecule has 0 fully saturated rings. The van der Waals surface area contributed by atoms with Crippen molar-refractivity contribution < 1.29 is 0 Å². The maximum Gasteiger partial charge on any atom is 0.236 e. The lowest BCUT2D eigenvalue weighted by molar-refractivity contribution is 0.569. The molecule has 2 aromatic heterocycles. The lowest BCUT2D eigenvalue weighted by atomic mass is 9.92. The number of nitrogen functional groups attached to an aromatic ring is 1. The monoisotopic (exact) mass is 224 g/mol. The van der Waals surface area contributed by atoms with Crippen LogP contribution >= 0.6 is 11.6 Å². The minimum atomic E-state index is -0.0473. The van der Waals surface area contributed by atoms with E-state index in [2.05, 4.69) is 30.7 Å². The molecular weight excluding hydrogens is 212 g/mol. The normalized spacial score (nSPS) is 12.3. The van der Waals surface area contributed by atoms with E-state index in [0.717, 1.165) is 5.69 Å². The molecule has 2 heterocycles. The van der Waals surface area contributed by atoms with Crippen molar-refractivity contribution in [1.29, 1.82) is 0 Å². The van der Waals surface area contributed by atoms with E-state index in [4.69, 9.17) is 17.3 Å². The van der Waals surface area contributed by atoms with Crippen LogP contribution in [0, 0.1) is 0 Å². The smallest absolute Gasteiger partial charge is 0.236 e. The zero-order chi connectivity index (χ0) is 11.2. The summed E-state index contributed by atoms with van der Waals surface area (Å²) in [5.41, 5.74) is 6.76. The summed E-state index contributed by atoms with van der Waals surface area (Å²) in [6.45, 7) is 6.24. The van der Waals surface area contributed by atoms with Crippen LogP contribution in [-0.4, -0.2) is 14.4 Å². The summed E-state index contributed by atoms with van der Waals surface area (Å²) >= 11 is 5.92. The highest BCUT2D eigenvalue weighted by molar-refractivity contribution is 6.29. The number of rotatable bonds is 0. The first kappa shape index (κ1) is 10.2. The van der Waals surface area contributed by atoms with Gasteiger partial charge in [0.1, 0.15) is 11.0 Å². The summed E-state index contributed by atoms with van der Waals surface area (Å²) < 4.78 is 1.62. The van der Waals surface area contributed by atoms with Gasteiger partial charge in [0.05, 0.1) is 11.9 Å². The van der Waals surface area contributed by atoms with Gasteiger partial charge in [-0.05, 0) is 0 Å². The summed E-state index contributed by atoms with van der Waals surface area (Å²) in [7, 11) is 0. The molecular formula is C10H13ClN4. The molecule has 2 aromatic rings. The number of nitrogens with zero attached hydrogens (tertiary/aromatic N) is 3. The van der Waals surface area contributed by atoms with Crippen molar-refractivity contribution in [3.05, 3.63) is 23.1 Å². The predicted octanol–water partition coefficient (Wildman–Crippen LogP) is 2.26. The molecule has 4 nitrogen and oxygen atoms in total. The van der Waals surface area contributed by atoms with Crippen LogP contribution < -0.4 is 5.73 Å². The maximum atomic E-state index is 5.92. The van der Waals surface area contributed by atoms with E-state index in [1.807, 2.05) is 6.07 Å². The second-order valence-electron chi connectivity index (χ2n) is 4.53. The lowest BCUT2D eigenvalue weighted by Gasteiger charge is -2.18. The van der Waals surface area contributed by atoms with Crippen LogP contribution in [0.4, 0.5) is 5.82 Å². The second-order valence-corrected chi connectivity index (χ2v) is 4.92. The molecule has 0 radical (unpaired) electrons. The highest BCUT2D eigenvalue weighted by Gasteiger charge is 2.18.